The van der Waals surface area contributed by atoms with Crippen LogP contribution < -0.4 is 0 Å². The molecule has 5 nitrogen and oxygen atoms in total. The molecule has 0 aliphatic carbocycles. The van der Waals surface area contributed by atoms with Crippen molar-refractivity contribution in [1.29, 1.82) is 0 Å². The van der Waals surface area contributed by atoms with Gasteiger partial charge in [0.25, 0.3) is 0 Å². The van der Waals surface area contributed by atoms with Crippen LogP contribution in [0.1, 0.15) is 0 Å². The van der Waals surface area contributed by atoms with Crippen LogP contribution >= 0.6 is 0 Å². The number of furan rings is 2. The van der Waals surface area contributed by atoms with Crippen LogP contribution in [0.15, 0.2) is 197 Å². The Bertz CT molecular complexity index is 3240. The van der Waals surface area contributed by atoms with E-state index < -0.39 is 0 Å². The Hall–Kier alpha value is -7.63. The van der Waals surface area contributed by atoms with Gasteiger partial charge in [-0.3, -0.25) is 0 Å². The largest absolute Gasteiger partial charge is 0.456 e. The molecule has 0 saturated carbocycles. The number of rotatable bonds is 6. The van der Waals surface area contributed by atoms with E-state index in [9.17, 15) is 0 Å². The molecular weight excluding hydrogens is 687 g/mol. The maximum absolute atomic E-state index is 6.60. The minimum Gasteiger partial charge on any atom is -0.456 e. The van der Waals surface area contributed by atoms with E-state index >= 15 is 0 Å². The second-order valence-electron chi connectivity index (χ2n) is 14.0. The summed E-state index contributed by atoms with van der Waals surface area (Å²) in [5.41, 5.74) is 12.6. The molecule has 0 spiro atoms. The molecule has 0 aliphatic heterocycles. The molecule has 0 unspecified atom stereocenters. The number of hydrogen-bond donors (Lipinski definition) is 0. The van der Waals surface area contributed by atoms with Gasteiger partial charge in [-0.2, -0.15) is 0 Å². The minimum absolute atomic E-state index is 0.572. The van der Waals surface area contributed by atoms with Gasteiger partial charge in [-0.15, -0.1) is 0 Å². The lowest BCUT2D eigenvalue weighted by Gasteiger charge is -2.10. The van der Waals surface area contributed by atoms with E-state index in [1.807, 2.05) is 42.5 Å². The van der Waals surface area contributed by atoms with E-state index in [4.69, 9.17) is 23.8 Å². The second-order valence-corrected chi connectivity index (χ2v) is 14.0. The van der Waals surface area contributed by atoms with Crippen LogP contribution in [0.25, 0.3) is 111 Å². The lowest BCUT2D eigenvalue weighted by Crippen LogP contribution is -2.00. The molecule has 11 rings (SSSR count). The van der Waals surface area contributed by atoms with Crippen molar-refractivity contribution in [3.8, 4) is 67.5 Å². The van der Waals surface area contributed by atoms with Gasteiger partial charge in [0, 0.05) is 43.8 Å². The summed E-state index contributed by atoms with van der Waals surface area (Å²) >= 11 is 0. The van der Waals surface area contributed by atoms with Gasteiger partial charge in [-0.25, -0.2) is 15.0 Å². The smallest absolute Gasteiger partial charge is 0.164 e. The Kier molecular flexibility index (Phi) is 7.42. The van der Waals surface area contributed by atoms with Crippen molar-refractivity contribution in [2.75, 3.05) is 0 Å². The molecule has 3 aromatic heterocycles. The number of fused-ring (bicyclic) bond motifs is 6. The van der Waals surface area contributed by atoms with E-state index in [1.54, 1.807) is 0 Å². The molecule has 0 atom stereocenters. The lowest BCUT2D eigenvalue weighted by atomic mass is 9.97. The van der Waals surface area contributed by atoms with Crippen molar-refractivity contribution in [2.24, 2.45) is 0 Å². The first-order valence-corrected chi connectivity index (χ1v) is 18.7. The Balaban J connectivity index is 1.03. The summed E-state index contributed by atoms with van der Waals surface area (Å²) in [5, 5.41) is 4.35. The summed E-state index contributed by atoms with van der Waals surface area (Å²) in [6.07, 6.45) is 0. The summed E-state index contributed by atoms with van der Waals surface area (Å²) < 4.78 is 12.9. The van der Waals surface area contributed by atoms with Gasteiger partial charge < -0.3 is 8.83 Å². The highest BCUT2D eigenvalue weighted by Crippen LogP contribution is 2.41. The van der Waals surface area contributed by atoms with Crippen molar-refractivity contribution in [3.63, 3.8) is 0 Å². The van der Waals surface area contributed by atoms with Crippen molar-refractivity contribution in [3.05, 3.63) is 188 Å². The molecule has 0 saturated heterocycles. The second kappa shape index (κ2) is 13.0. The van der Waals surface area contributed by atoms with E-state index in [1.165, 1.54) is 0 Å². The lowest BCUT2D eigenvalue weighted by molar-refractivity contribution is 0.669. The SMILES string of the molecule is c1ccc(-c2cccc(-c3nc(-c4ccc(-c5cccc6c5oc5cccc(-c7ccccc7)c56)cc4)nc(-c4ccc5c(c4)oc4ccccc45)n3)c2)cc1. The summed E-state index contributed by atoms with van der Waals surface area (Å²) in [4.78, 5) is 15.2. The predicted octanol–water partition coefficient (Wildman–Crippen LogP) is 13.7. The van der Waals surface area contributed by atoms with Crippen LogP contribution in [-0.2, 0) is 0 Å². The number of hydrogen-bond acceptors (Lipinski definition) is 5. The predicted molar refractivity (Wildman–Crippen MR) is 227 cm³/mol. The monoisotopic (exact) mass is 717 g/mol. The van der Waals surface area contributed by atoms with Crippen molar-refractivity contribution < 1.29 is 8.83 Å². The average molecular weight is 718 g/mol. The minimum atomic E-state index is 0.572. The average Bonchev–Trinajstić information content (AvgIpc) is 3.85. The van der Waals surface area contributed by atoms with E-state index in [0.29, 0.717) is 17.5 Å². The molecule has 0 aliphatic rings. The maximum Gasteiger partial charge on any atom is 0.164 e. The zero-order valence-corrected chi connectivity index (χ0v) is 30.1. The number of benzene rings is 8. The molecule has 262 valence electrons. The Morgan fingerprint density at radius 1 is 0.286 bits per heavy atom. The third-order valence-electron chi connectivity index (χ3n) is 10.6. The molecule has 8 aromatic carbocycles. The number of nitrogens with zero attached hydrogens (tertiary/aromatic N) is 3. The summed E-state index contributed by atoms with van der Waals surface area (Å²) in [6, 6.07) is 64.5. The zero-order valence-electron chi connectivity index (χ0n) is 30.1. The highest BCUT2D eigenvalue weighted by Gasteiger charge is 2.18. The standard InChI is InChI=1S/C51H31N3O2/c1-3-12-32(13-4-1)36-16-9-17-37(30-36)50-52-49(53-51(54-50)38-28-29-42-41-18-7-8-22-44(41)55-46(42)31-38)35-26-24-34(25-27-35)40-20-10-21-43-47-39(33-14-5-2-6-15-33)19-11-23-45(47)56-48(40)43/h1-31H. The maximum atomic E-state index is 6.60. The molecule has 56 heavy (non-hydrogen) atoms. The van der Waals surface area contributed by atoms with Crippen LogP contribution in [0.2, 0.25) is 0 Å². The fourth-order valence-corrected chi connectivity index (χ4v) is 7.83. The fourth-order valence-electron chi connectivity index (χ4n) is 7.83. The quantitative estimate of drug-likeness (QED) is 0.171. The third-order valence-corrected chi connectivity index (χ3v) is 10.6. The van der Waals surface area contributed by atoms with Gasteiger partial charge in [-0.1, -0.05) is 158 Å². The normalized spacial score (nSPS) is 11.6. The molecular formula is C51H31N3O2. The highest BCUT2D eigenvalue weighted by atomic mass is 16.3. The highest BCUT2D eigenvalue weighted by molar-refractivity contribution is 6.15. The van der Waals surface area contributed by atoms with Crippen molar-refractivity contribution in [1.82, 2.24) is 15.0 Å². The van der Waals surface area contributed by atoms with Crippen LogP contribution in [0.4, 0.5) is 0 Å². The van der Waals surface area contributed by atoms with Crippen molar-refractivity contribution in [2.45, 2.75) is 0 Å². The Labute approximate surface area is 322 Å². The summed E-state index contributed by atoms with van der Waals surface area (Å²) in [6.45, 7) is 0. The van der Waals surface area contributed by atoms with E-state index in [2.05, 4.69) is 146 Å². The Morgan fingerprint density at radius 3 is 1.61 bits per heavy atom. The Morgan fingerprint density at radius 2 is 0.804 bits per heavy atom. The van der Waals surface area contributed by atoms with Gasteiger partial charge in [-0.05, 0) is 58.1 Å². The van der Waals surface area contributed by atoms with Crippen LogP contribution in [-0.4, -0.2) is 15.0 Å². The first-order chi connectivity index (χ1) is 27.7. The van der Waals surface area contributed by atoms with E-state index in [0.717, 1.165) is 93.9 Å². The van der Waals surface area contributed by atoms with Crippen LogP contribution in [0.3, 0.4) is 0 Å². The molecule has 0 radical (unpaired) electrons. The van der Waals surface area contributed by atoms with Gasteiger partial charge >= 0.3 is 0 Å². The fraction of sp³-hybridized carbons (Fsp3) is 0. The summed E-state index contributed by atoms with van der Waals surface area (Å²) in [5.74, 6) is 1.75. The molecule has 0 fully saturated rings. The van der Waals surface area contributed by atoms with Gasteiger partial charge in [0.15, 0.2) is 17.5 Å². The van der Waals surface area contributed by atoms with E-state index in [-0.39, 0.29) is 0 Å². The van der Waals surface area contributed by atoms with Crippen molar-refractivity contribution >= 4 is 43.9 Å². The third kappa shape index (κ3) is 5.45. The topological polar surface area (TPSA) is 65.0 Å². The van der Waals surface area contributed by atoms with Gasteiger partial charge in [0.1, 0.15) is 22.3 Å². The molecule has 11 aromatic rings. The molecule has 0 bridgehead atoms. The van der Waals surface area contributed by atoms with Gasteiger partial charge in [0.2, 0.25) is 0 Å². The molecule has 5 heteroatoms. The first-order valence-electron chi connectivity index (χ1n) is 18.7. The summed E-state index contributed by atoms with van der Waals surface area (Å²) in [7, 11) is 0. The first kappa shape index (κ1) is 31.9. The molecule has 3 heterocycles. The number of para-hydroxylation sites is 2. The molecule has 0 amide bonds. The van der Waals surface area contributed by atoms with Gasteiger partial charge in [0.05, 0.1) is 0 Å². The molecule has 0 N–H and O–H groups in total. The number of aromatic nitrogens is 3. The van der Waals surface area contributed by atoms with Crippen LogP contribution in [0, 0.1) is 0 Å². The zero-order chi connectivity index (χ0) is 37.0. The van der Waals surface area contributed by atoms with Crippen LogP contribution in [0.5, 0.6) is 0 Å².